The molecule has 0 heterocycles. The van der Waals surface area contributed by atoms with Crippen LogP contribution in [-0.2, 0) is 19.0 Å². The number of carbonyl (C=O) groups excluding carboxylic acids is 1. The van der Waals surface area contributed by atoms with E-state index in [1.807, 2.05) is 13.8 Å². The average Bonchev–Trinajstić information content (AvgIpc) is 2.32. The van der Waals surface area contributed by atoms with Gasteiger partial charge in [0.1, 0.15) is 0 Å². The zero-order valence-electron chi connectivity index (χ0n) is 11.9. The van der Waals surface area contributed by atoms with Crippen molar-refractivity contribution in [3.05, 3.63) is 0 Å². The lowest BCUT2D eigenvalue weighted by molar-refractivity contribution is -0.143. The van der Waals surface area contributed by atoms with Gasteiger partial charge in [0.05, 0.1) is 26.2 Å². The largest absolute Gasteiger partial charge is 0.466 e. The predicted octanol–water partition coefficient (Wildman–Crippen LogP) is 1.36. The Morgan fingerprint density at radius 1 is 1.22 bits per heavy atom. The summed E-state index contributed by atoms with van der Waals surface area (Å²) in [7, 11) is 1.66. The number of rotatable bonds is 12. The third-order valence-electron chi connectivity index (χ3n) is 2.42. The van der Waals surface area contributed by atoms with Gasteiger partial charge in [-0.25, -0.2) is 0 Å². The van der Waals surface area contributed by atoms with Crippen LogP contribution < -0.4 is 5.32 Å². The molecule has 0 fully saturated rings. The Hall–Kier alpha value is -0.650. The SMILES string of the molecule is CCOC(=O)CC(C)NCCCCOCCOC. The second kappa shape index (κ2) is 12.8. The molecule has 0 aliphatic rings. The van der Waals surface area contributed by atoms with Gasteiger partial charge in [-0.3, -0.25) is 4.79 Å². The summed E-state index contributed by atoms with van der Waals surface area (Å²) < 4.78 is 15.1. The molecule has 0 aromatic carbocycles. The van der Waals surface area contributed by atoms with E-state index in [1.54, 1.807) is 7.11 Å². The highest BCUT2D eigenvalue weighted by molar-refractivity contribution is 5.69. The molecule has 0 saturated carbocycles. The summed E-state index contributed by atoms with van der Waals surface area (Å²) in [6.45, 7) is 7.22. The van der Waals surface area contributed by atoms with Crippen LogP contribution in [0.3, 0.4) is 0 Å². The van der Waals surface area contributed by atoms with Gasteiger partial charge in [-0.1, -0.05) is 0 Å². The Balaban J connectivity index is 3.24. The van der Waals surface area contributed by atoms with Crippen LogP contribution in [-0.4, -0.2) is 52.1 Å². The molecule has 18 heavy (non-hydrogen) atoms. The van der Waals surface area contributed by atoms with E-state index in [9.17, 15) is 4.79 Å². The summed E-state index contributed by atoms with van der Waals surface area (Å²) in [5, 5.41) is 3.29. The molecule has 5 heteroatoms. The van der Waals surface area contributed by atoms with E-state index >= 15 is 0 Å². The fraction of sp³-hybridized carbons (Fsp3) is 0.923. The van der Waals surface area contributed by atoms with Crippen LogP contribution in [0.15, 0.2) is 0 Å². The van der Waals surface area contributed by atoms with E-state index in [-0.39, 0.29) is 12.0 Å². The number of unbranched alkanes of at least 4 members (excludes halogenated alkanes) is 1. The molecule has 1 N–H and O–H groups in total. The third-order valence-corrected chi connectivity index (χ3v) is 2.42. The van der Waals surface area contributed by atoms with E-state index < -0.39 is 0 Å². The van der Waals surface area contributed by atoms with Crippen LogP contribution in [0.2, 0.25) is 0 Å². The predicted molar refractivity (Wildman–Crippen MR) is 70.6 cm³/mol. The van der Waals surface area contributed by atoms with E-state index in [4.69, 9.17) is 14.2 Å². The molecule has 0 aliphatic carbocycles. The number of nitrogens with one attached hydrogen (secondary N) is 1. The van der Waals surface area contributed by atoms with Crippen molar-refractivity contribution >= 4 is 5.97 Å². The lowest BCUT2D eigenvalue weighted by Gasteiger charge is -2.12. The van der Waals surface area contributed by atoms with Crippen molar-refractivity contribution in [2.75, 3.05) is 40.1 Å². The number of ether oxygens (including phenoxy) is 3. The fourth-order valence-electron chi connectivity index (χ4n) is 1.46. The second-order valence-corrected chi connectivity index (χ2v) is 4.18. The lowest BCUT2D eigenvalue weighted by atomic mass is 10.2. The van der Waals surface area contributed by atoms with Gasteiger partial charge in [-0.05, 0) is 33.2 Å². The number of methoxy groups -OCH3 is 1. The molecule has 0 aromatic heterocycles. The molecule has 1 atom stereocenters. The lowest BCUT2D eigenvalue weighted by Crippen LogP contribution is -2.30. The molecule has 1 unspecified atom stereocenters. The Bertz CT molecular complexity index is 199. The third kappa shape index (κ3) is 11.8. The summed E-state index contributed by atoms with van der Waals surface area (Å²) in [4.78, 5) is 11.2. The summed E-state index contributed by atoms with van der Waals surface area (Å²) >= 11 is 0. The Labute approximate surface area is 110 Å². The molecule has 0 aliphatic heterocycles. The van der Waals surface area contributed by atoms with E-state index in [0.29, 0.717) is 26.2 Å². The van der Waals surface area contributed by atoms with Crippen LogP contribution in [0.1, 0.15) is 33.1 Å². The van der Waals surface area contributed by atoms with Crippen LogP contribution in [0.4, 0.5) is 0 Å². The fourth-order valence-corrected chi connectivity index (χ4v) is 1.46. The van der Waals surface area contributed by atoms with Crippen molar-refractivity contribution in [2.24, 2.45) is 0 Å². The van der Waals surface area contributed by atoms with Crippen molar-refractivity contribution in [3.63, 3.8) is 0 Å². The highest BCUT2D eigenvalue weighted by atomic mass is 16.5. The van der Waals surface area contributed by atoms with Gasteiger partial charge in [0.25, 0.3) is 0 Å². The first-order chi connectivity index (χ1) is 8.70. The van der Waals surface area contributed by atoms with Crippen molar-refractivity contribution < 1.29 is 19.0 Å². The Morgan fingerprint density at radius 3 is 2.67 bits per heavy atom. The summed E-state index contributed by atoms with van der Waals surface area (Å²) in [5.41, 5.74) is 0. The number of carbonyl (C=O) groups is 1. The number of esters is 1. The molecule has 108 valence electrons. The molecule has 0 spiro atoms. The zero-order chi connectivity index (χ0) is 13.6. The van der Waals surface area contributed by atoms with Gasteiger partial charge in [-0.2, -0.15) is 0 Å². The quantitative estimate of drug-likeness (QED) is 0.424. The topological polar surface area (TPSA) is 56.8 Å². The maximum atomic E-state index is 11.2. The van der Waals surface area contributed by atoms with E-state index in [2.05, 4.69) is 5.32 Å². The molecule has 5 nitrogen and oxygen atoms in total. The smallest absolute Gasteiger partial charge is 0.307 e. The zero-order valence-corrected chi connectivity index (χ0v) is 11.9. The molecule has 0 bridgehead atoms. The molecule has 0 aromatic rings. The van der Waals surface area contributed by atoms with Crippen molar-refractivity contribution in [1.29, 1.82) is 0 Å². The van der Waals surface area contributed by atoms with Gasteiger partial charge in [0.2, 0.25) is 0 Å². The van der Waals surface area contributed by atoms with Gasteiger partial charge in [0, 0.05) is 19.8 Å². The van der Waals surface area contributed by atoms with Gasteiger partial charge in [-0.15, -0.1) is 0 Å². The van der Waals surface area contributed by atoms with Gasteiger partial charge in [0.15, 0.2) is 0 Å². The van der Waals surface area contributed by atoms with Gasteiger partial charge >= 0.3 is 5.97 Å². The minimum atomic E-state index is -0.139. The van der Waals surface area contributed by atoms with Crippen molar-refractivity contribution in [3.8, 4) is 0 Å². The highest BCUT2D eigenvalue weighted by Gasteiger charge is 2.08. The first-order valence-corrected chi connectivity index (χ1v) is 6.66. The second-order valence-electron chi connectivity index (χ2n) is 4.18. The standard InChI is InChI=1S/C13H27NO4/c1-4-18-13(15)11-12(2)14-7-5-6-8-17-10-9-16-3/h12,14H,4-11H2,1-3H3. The maximum Gasteiger partial charge on any atom is 0.307 e. The van der Waals surface area contributed by atoms with Crippen LogP contribution in [0, 0.1) is 0 Å². The minimum Gasteiger partial charge on any atom is -0.466 e. The molecule has 0 amide bonds. The minimum absolute atomic E-state index is 0.139. The Morgan fingerprint density at radius 2 is 2.00 bits per heavy atom. The first kappa shape index (κ1) is 17.4. The summed E-state index contributed by atoms with van der Waals surface area (Å²) in [6, 6.07) is 0.165. The van der Waals surface area contributed by atoms with Crippen LogP contribution in [0.25, 0.3) is 0 Å². The van der Waals surface area contributed by atoms with Crippen LogP contribution >= 0.6 is 0 Å². The highest BCUT2D eigenvalue weighted by Crippen LogP contribution is 1.95. The van der Waals surface area contributed by atoms with E-state index in [0.717, 1.165) is 26.0 Å². The molecule has 0 radical (unpaired) electrons. The van der Waals surface area contributed by atoms with Crippen LogP contribution in [0.5, 0.6) is 0 Å². The molecule has 0 saturated heterocycles. The average molecular weight is 261 g/mol. The molecular formula is C13H27NO4. The van der Waals surface area contributed by atoms with E-state index in [1.165, 1.54) is 0 Å². The van der Waals surface area contributed by atoms with Gasteiger partial charge < -0.3 is 19.5 Å². The normalized spacial score (nSPS) is 12.4. The van der Waals surface area contributed by atoms with Crippen molar-refractivity contribution in [2.45, 2.75) is 39.2 Å². The molecular weight excluding hydrogens is 234 g/mol. The number of hydrogen-bond donors (Lipinski definition) is 1. The first-order valence-electron chi connectivity index (χ1n) is 6.66. The monoisotopic (exact) mass is 261 g/mol. The Kier molecular flexibility index (Phi) is 12.3. The maximum absolute atomic E-state index is 11.2. The summed E-state index contributed by atoms with van der Waals surface area (Å²) in [6.07, 6.45) is 2.49. The molecule has 0 rings (SSSR count). The summed E-state index contributed by atoms with van der Waals surface area (Å²) in [5.74, 6) is -0.139. The number of hydrogen-bond acceptors (Lipinski definition) is 5. The van der Waals surface area contributed by atoms with Crippen molar-refractivity contribution in [1.82, 2.24) is 5.32 Å².